The number of benzene rings is 3. The van der Waals surface area contributed by atoms with Gasteiger partial charge in [0.25, 0.3) is 0 Å². The fraction of sp³-hybridized carbons (Fsp3) is 0.509. The summed E-state index contributed by atoms with van der Waals surface area (Å²) in [5.74, 6) is -3.89. The summed E-state index contributed by atoms with van der Waals surface area (Å²) in [5.41, 5.74) is 5.69. The molecule has 0 bridgehead atoms. The van der Waals surface area contributed by atoms with Crippen LogP contribution in [0.4, 0.5) is 33.2 Å². The molecule has 3 saturated heterocycles. The van der Waals surface area contributed by atoms with Gasteiger partial charge in [-0.3, -0.25) is 24.3 Å². The normalized spacial score (nSPS) is 19.5. The van der Waals surface area contributed by atoms with E-state index in [1.807, 2.05) is 0 Å². The lowest BCUT2D eigenvalue weighted by molar-refractivity contribution is -0.142. The molecule has 0 spiro atoms. The van der Waals surface area contributed by atoms with Gasteiger partial charge in [0.1, 0.15) is 41.4 Å². The first-order chi connectivity index (χ1) is 37.3. The Morgan fingerprint density at radius 3 is 1.14 bits per heavy atom. The zero-order valence-corrected chi connectivity index (χ0v) is 51.4. The average molecular weight is 1340 g/mol. The van der Waals surface area contributed by atoms with Crippen LogP contribution in [0.1, 0.15) is 124 Å². The van der Waals surface area contributed by atoms with E-state index in [0.29, 0.717) is 36.9 Å². The Labute approximate surface area is 492 Å². The van der Waals surface area contributed by atoms with Gasteiger partial charge in [0.2, 0.25) is 0 Å². The highest BCUT2D eigenvalue weighted by Crippen LogP contribution is 2.29. The summed E-state index contributed by atoms with van der Waals surface area (Å²) in [4.78, 5) is 110. The third-order valence-electron chi connectivity index (χ3n) is 11.3. The first-order valence-corrected chi connectivity index (χ1v) is 27.4. The number of anilines is 1. The summed E-state index contributed by atoms with van der Waals surface area (Å²) < 4.78 is 67.5. The number of nitrogen functional groups attached to an aromatic ring is 1. The Hall–Kier alpha value is -6.28. The van der Waals surface area contributed by atoms with Gasteiger partial charge in [-0.05, 0) is 128 Å². The van der Waals surface area contributed by atoms with E-state index in [1.165, 1.54) is 26.4 Å². The number of carbonyl (C=O) groups excluding carboxylic acids is 7. The van der Waals surface area contributed by atoms with E-state index in [2.05, 4.69) is 52.5 Å². The molecule has 6 atom stereocenters. The van der Waals surface area contributed by atoms with Crippen LogP contribution >= 0.6 is 47.8 Å². The van der Waals surface area contributed by atoms with Crippen molar-refractivity contribution >= 4 is 107 Å². The highest BCUT2D eigenvalue weighted by atomic mass is 79.9. The van der Waals surface area contributed by atoms with Gasteiger partial charge in [0.05, 0.1) is 62.6 Å². The van der Waals surface area contributed by atoms with Crippen molar-refractivity contribution < 1.29 is 90.2 Å². The highest BCUT2D eigenvalue weighted by molar-refractivity contribution is 9.11. The number of amides is 3. The van der Waals surface area contributed by atoms with Crippen molar-refractivity contribution in [2.45, 2.75) is 148 Å². The number of methoxy groups -OCH3 is 2. The molecular formula is C55H68Br3F3N4O16. The molecule has 3 amide bonds. The molecule has 3 aromatic carbocycles. The van der Waals surface area contributed by atoms with Crippen molar-refractivity contribution in [2.24, 2.45) is 0 Å². The molecular weight excluding hydrogens is 1270 g/mol. The number of ether oxygens (including phenoxy) is 5. The minimum atomic E-state index is -1.30. The Balaban J connectivity index is 0.000000297. The fourth-order valence-corrected chi connectivity index (χ4v) is 9.71. The number of nitrogens with zero attached hydrogens (tertiary/aromatic N) is 3. The molecule has 0 unspecified atom stereocenters. The summed E-state index contributed by atoms with van der Waals surface area (Å²) in [6.07, 6.45) is -6.54. The number of nitrogens with two attached hydrogens (primary N) is 1. The van der Waals surface area contributed by atoms with E-state index in [9.17, 15) is 56.3 Å². The maximum absolute atomic E-state index is 13.9. The number of carboxylic acids is 2. The van der Waals surface area contributed by atoms with E-state index in [1.54, 1.807) is 105 Å². The molecule has 3 aliphatic heterocycles. The number of ketones is 2. The SMILES string of the molecule is CC(C)(C)OC(=O)N1C[C@H](F)C[C@H]1C(=O)Cc1cc(Br)cc(C(=O)O)c1.CC(C)(C)OC(=O)N1C[C@H](F)C[C@H]1C(=O)O.COC(=O)c1cc(Br)cc(CC(=O)[C@@H]2C[C@@H](F)CN2C(=O)OC(C)(C)C)c1.COC(=O)c1cc(N)cc(Br)c1. The second-order valence-electron chi connectivity index (χ2n) is 21.8. The summed E-state index contributed by atoms with van der Waals surface area (Å²) >= 11 is 9.73. The first kappa shape index (κ1) is 69.0. The molecule has 3 aromatic rings. The molecule has 3 heterocycles. The van der Waals surface area contributed by atoms with Gasteiger partial charge in [-0.2, -0.15) is 0 Å². The summed E-state index contributed by atoms with van der Waals surface area (Å²) in [6.45, 7) is 14.6. The Kier molecular flexibility index (Phi) is 25.2. The van der Waals surface area contributed by atoms with Crippen LogP contribution in [-0.4, -0.2) is 166 Å². The predicted octanol–water partition coefficient (Wildman–Crippen LogP) is 10.5. The third-order valence-corrected chi connectivity index (χ3v) is 12.7. The molecule has 3 fully saturated rings. The smallest absolute Gasteiger partial charge is 0.411 e. The minimum absolute atomic E-state index is 0.0415. The second-order valence-corrected chi connectivity index (χ2v) is 24.6. The molecule has 20 nitrogen and oxygen atoms in total. The third kappa shape index (κ3) is 22.9. The Bertz CT molecular complexity index is 2780. The molecule has 446 valence electrons. The number of rotatable bonds is 10. The standard InChI is InChI=1S/C19H23BrFNO5.C18H21BrFNO5.C10H16FNO4.C8H8BrNO2/c1-19(2,3)27-18(25)22-10-14(21)9-15(22)16(23)7-11-5-12(17(24)26-4)8-13(20)6-11;1-18(2,3)26-17(25)21-9-13(20)8-14(21)15(22)6-10-4-11(16(23)24)7-12(19)5-10;1-10(2,3)16-9(15)12-5-6(11)4-7(12)8(13)14;1-12-8(11)5-2-6(9)4-7(10)3-5/h5-6,8,14-15H,7,9-10H2,1-4H3;4-5,7,13-14H,6,8-9H2,1-3H3,(H,23,24);6-7H,4-5H2,1-3H3,(H,13,14);2-4H,10H2,1H3/t14-,15+;13-,14+;6-,7+;/m111./s1. The zero-order chi connectivity index (χ0) is 61.6. The average Bonchev–Trinajstić information content (AvgIpc) is 4.10. The molecule has 3 aliphatic rings. The van der Waals surface area contributed by atoms with Gasteiger partial charge < -0.3 is 39.6 Å². The molecule has 0 aromatic heterocycles. The van der Waals surface area contributed by atoms with Crippen LogP contribution in [0.5, 0.6) is 0 Å². The number of aliphatic carboxylic acids is 1. The molecule has 6 rings (SSSR count). The molecule has 81 heavy (non-hydrogen) atoms. The lowest BCUT2D eigenvalue weighted by Crippen LogP contribution is -2.44. The van der Waals surface area contributed by atoms with Crippen molar-refractivity contribution in [3.8, 4) is 0 Å². The molecule has 0 radical (unpaired) electrons. The monoisotopic (exact) mass is 1330 g/mol. The zero-order valence-electron chi connectivity index (χ0n) is 46.6. The lowest BCUT2D eigenvalue weighted by atomic mass is 10.0. The van der Waals surface area contributed by atoms with E-state index < -0.39 is 89.6 Å². The van der Waals surface area contributed by atoms with E-state index in [4.69, 9.17) is 34.9 Å². The summed E-state index contributed by atoms with van der Waals surface area (Å²) in [5, 5.41) is 17.9. The number of aromatic carboxylic acids is 1. The van der Waals surface area contributed by atoms with Gasteiger partial charge in [0, 0.05) is 51.2 Å². The Morgan fingerprint density at radius 1 is 0.506 bits per heavy atom. The van der Waals surface area contributed by atoms with Crippen LogP contribution in [0.2, 0.25) is 0 Å². The Morgan fingerprint density at radius 2 is 0.815 bits per heavy atom. The van der Waals surface area contributed by atoms with Gasteiger partial charge in [-0.1, -0.05) is 47.8 Å². The van der Waals surface area contributed by atoms with Gasteiger partial charge >= 0.3 is 42.2 Å². The lowest BCUT2D eigenvalue weighted by Gasteiger charge is -2.27. The van der Waals surface area contributed by atoms with Crippen LogP contribution in [0.3, 0.4) is 0 Å². The number of alkyl halides is 3. The number of carbonyl (C=O) groups is 9. The second kappa shape index (κ2) is 29.6. The van der Waals surface area contributed by atoms with E-state index in [-0.39, 0.29) is 74.8 Å². The number of hydrogen-bond donors (Lipinski definition) is 3. The fourth-order valence-electron chi connectivity index (χ4n) is 8.12. The van der Waals surface area contributed by atoms with Gasteiger partial charge in [0.15, 0.2) is 11.6 Å². The minimum Gasteiger partial charge on any atom is -0.480 e. The topological polar surface area (TPSA) is 276 Å². The van der Waals surface area contributed by atoms with E-state index in [0.717, 1.165) is 19.2 Å². The molecule has 26 heteroatoms. The van der Waals surface area contributed by atoms with Crippen LogP contribution in [0, 0.1) is 0 Å². The number of likely N-dealkylation sites (tertiary alicyclic amines) is 3. The van der Waals surface area contributed by atoms with Gasteiger partial charge in [-0.25, -0.2) is 46.7 Å². The molecule has 0 saturated carbocycles. The first-order valence-electron chi connectivity index (χ1n) is 25.0. The number of carboxylic acid groups (broad SMARTS) is 2. The molecule has 0 aliphatic carbocycles. The quantitative estimate of drug-likeness (QED) is 0.0966. The maximum atomic E-state index is 13.9. The van der Waals surface area contributed by atoms with Crippen LogP contribution < -0.4 is 5.73 Å². The van der Waals surface area contributed by atoms with E-state index >= 15 is 0 Å². The number of hydrogen-bond acceptors (Lipinski definition) is 15. The molecule has 4 N–H and O–H groups in total. The summed E-state index contributed by atoms with van der Waals surface area (Å²) in [6, 6.07) is 11.3. The van der Waals surface area contributed by atoms with Crippen LogP contribution in [-0.2, 0) is 50.9 Å². The van der Waals surface area contributed by atoms with Crippen LogP contribution in [0.25, 0.3) is 0 Å². The summed E-state index contributed by atoms with van der Waals surface area (Å²) in [7, 11) is 2.60. The van der Waals surface area contributed by atoms with Gasteiger partial charge in [-0.15, -0.1) is 0 Å². The number of esters is 2. The highest BCUT2D eigenvalue weighted by Gasteiger charge is 2.44. The van der Waals surface area contributed by atoms with Crippen LogP contribution in [0.15, 0.2) is 68.0 Å². The van der Waals surface area contributed by atoms with Crippen molar-refractivity contribution in [1.29, 1.82) is 0 Å². The maximum Gasteiger partial charge on any atom is 0.411 e. The van der Waals surface area contributed by atoms with Crippen molar-refractivity contribution in [3.05, 3.63) is 95.8 Å². The van der Waals surface area contributed by atoms with Crippen molar-refractivity contribution in [1.82, 2.24) is 14.7 Å². The number of Topliss-reactive ketones (excluding diaryl/α,β-unsaturated/α-hetero) is 2. The van der Waals surface area contributed by atoms with Crippen molar-refractivity contribution in [2.75, 3.05) is 39.6 Å². The number of halogens is 6. The van der Waals surface area contributed by atoms with Crippen molar-refractivity contribution in [3.63, 3.8) is 0 Å². The largest absolute Gasteiger partial charge is 0.480 e. The predicted molar refractivity (Wildman–Crippen MR) is 300 cm³/mol.